The molecule has 232 valence electrons. The van der Waals surface area contributed by atoms with Gasteiger partial charge in [-0.25, -0.2) is 4.84 Å². The topological polar surface area (TPSA) is 149 Å². The van der Waals surface area contributed by atoms with E-state index in [4.69, 9.17) is 19.9 Å². The van der Waals surface area contributed by atoms with Crippen molar-refractivity contribution in [2.45, 2.75) is 56.6 Å². The number of nitrogens with zero attached hydrogens (tertiary/aromatic N) is 1. The molecule has 0 saturated heterocycles. The highest BCUT2D eigenvalue weighted by atomic mass is 32.2. The number of rotatable bonds is 18. The van der Waals surface area contributed by atoms with Crippen LogP contribution in [0, 0.1) is 11.8 Å². The van der Waals surface area contributed by atoms with Crippen LogP contribution < -0.4 is 4.74 Å². The number of benzene rings is 1. The second kappa shape index (κ2) is 18.4. The van der Waals surface area contributed by atoms with Crippen LogP contribution in [0.1, 0.15) is 37.7 Å². The summed E-state index contributed by atoms with van der Waals surface area (Å²) >= 11 is 1.43. The number of thioether (sulfide) groups is 1. The highest BCUT2D eigenvalue weighted by molar-refractivity contribution is 7.99. The average Bonchev–Trinajstić information content (AvgIpc) is 3.18. The van der Waals surface area contributed by atoms with Crippen LogP contribution in [0.15, 0.2) is 48.6 Å². The van der Waals surface area contributed by atoms with Crippen molar-refractivity contribution in [3.63, 3.8) is 0 Å². The van der Waals surface area contributed by atoms with Gasteiger partial charge in [0.2, 0.25) is 0 Å². The molecule has 1 aromatic carbocycles. The van der Waals surface area contributed by atoms with Crippen molar-refractivity contribution in [3.05, 3.63) is 54.1 Å². The first-order valence-corrected chi connectivity index (χ1v) is 14.3. The Morgan fingerprint density at radius 2 is 1.90 bits per heavy atom. The van der Waals surface area contributed by atoms with Gasteiger partial charge in [0.05, 0.1) is 29.8 Å². The van der Waals surface area contributed by atoms with Crippen LogP contribution >= 0.6 is 11.8 Å². The van der Waals surface area contributed by atoms with Gasteiger partial charge in [-0.2, -0.15) is 24.9 Å². The molecule has 1 aromatic rings. The second-order valence-corrected chi connectivity index (χ2v) is 10.6. The standard InChI is InChI=1S/C27H38F3NO9S/c28-27(29,30)19-6-5-7-21(16-19)39-18-20(32)10-11-23-22(24(33)17-25(23)34)8-3-1-2-4-9-26(35)38-12-14-41-15-13-40-31(36)37/h1,3,5-7,10-11,16,20,22-25,32-34,36-37H,2,4,8-9,12-15,17-18H2/b3-1-,11-10+/t20-,22-,23-,24+,25-/m1/s1. The highest BCUT2D eigenvalue weighted by Gasteiger charge is 2.39. The minimum atomic E-state index is -4.50. The summed E-state index contributed by atoms with van der Waals surface area (Å²) in [7, 11) is 0. The van der Waals surface area contributed by atoms with Crippen molar-refractivity contribution < 1.29 is 58.0 Å². The Kier molecular flexibility index (Phi) is 15.7. The van der Waals surface area contributed by atoms with E-state index in [1.54, 1.807) is 6.08 Å². The van der Waals surface area contributed by atoms with E-state index in [2.05, 4.69) is 4.84 Å². The van der Waals surface area contributed by atoms with E-state index in [0.29, 0.717) is 30.8 Å². The van der Waals surface area contributed by atoms with Crippen molar-refractivity contribution in [2.24, 2.45) is 11.8 Å². The lowest BCUT2D eigenvalue weighted by atomic mass is 9.89. The molecule has 0 bridgehead atoms. The third-order valence-corrected chi connectivity index (χ3v) is 7.22. The lowest BCUT2D eigenvalue weighted by Gasteiger charge is -2.19. The molecule has 0 amide bonds. The normalized spacial score (nSPS) is 22.2. The fourth-order valence-corrected chi connectivity index (χ4v) is 4.86. The van der Waals surface area contributed by atoms with Gasteiger partial charge < -0.3 is 24.8 Å². The zero-order valence-electron chi connectivity index (χ0n) is 22.4. The Balaban J connectivity index is 1.68. The van der Waals surface area contributed by atoms with E-state index in [0.717, 1.165) is 12.1 Å². The highest BCUT2D eigenvalue weighted by Crippen LogP contribution is 2.36. The number of ether oxygens (including phenoxy) is 2. The summed E-state index contributed by atoms with van der Waals surface area (Å²) in [5.74, 6) is -0.00967. The number of esters is 1. The predicted octanol–water partition coefficient (Wildman–Crippen LogP) is 3.76. The number of hydrogen-bond acceptors (Lipinski definition) is 11. The van der Waals surface area contributed by atoms with E-state index >= 15 is 0 Å². The number of aliphatic hydroxyl groups excluding tert-OH is 3. The zero-order valence-corrected chi connectivity index (χ0v) is 23.3. The lowest BCUT2D eigenvalue weighted by Crippen LogP contribution is -2.21. The van der Waals surface area contributed by atoms with E-state index < -0.39 is 36.0 Å². The van der Waals surface area contributed by atoms with Crippen molar-refractivity contribution in [3.8, 4) is 5.75 Å². The van der Waals surface area contributed by atoms with Crippen molar-refractivity contribution >= 4 is 17.7 Å². The summed E-state index contributed by atoms with van der Waals surface area (Å²) in [4.78, 5) is 16.2. The Labute approximate surface area is 240 Å². The van der Waals surface area contributed by atoms with Crippen LogP contribution in [0.25, 0.3) is 0 Å². The van der Waals surface area contributed by atoms with Crippen LogP contribution in [-0.4, -0.2) is 86.7 Å². The molecule has 0 aromatic heterocycles. The van der Waals surface area contributed by atoms with Crippen LogP contribution in [0.3, 0.4) is 0 Å². The van der Waals surface area contributed by atoms with Gasteiger partial charge in [0, 0.05) is 30.3 Å². The molecule has 5 N–H and O–H groups in total. The maximum atomic E-state index is 12.8. The lowest BCUT2D eigenvalue weighted by molar-refractivity contribution is -0.490. The fraction of sp³-hybridized carbons (Fsp3) is 0.593. The number of unbranched alkanes of at least 4 members (excludes halogenated alkanes) is 1. The van der Waals surface area contributed by atoms with E-state index in [1.165, 1.54) is 30.0 Å². The molecule has 0 aliphatic heterocycles. The van der Waals surface area contributed by atoms with Gasteiger partial charge in [-0.1, -0.05) is 30.4 Å². The van der Waals surface area contributed by atoms with Gasteiger partial charge in [-0.3, -0.25) is 15.2 Å². The Hall–Kier alpha value is -2.17. The quantitative estimate of drug-likeness (QED) is 0.0717. The maximum Gasteiger partial charge on any atom is 0.416 e. The Bertz CT molecular complexity index is 964. The van der Waals surface area contributed by atoms with Gasteiger partial charge in [-0.05, 0) is 43.4 Å². The summed E-state index contributed by atoms with van der Waals surface area (Å²) in [5, 5.41) is 47.4. The first-order chi connectivity index (χ1) is 19.5. The summed E-state index contributed by atoms with van der Waals surface area (Å²) in [5.41, 5.74) is -0.853. The number of halogens is 3. The van der Waals surface area contributed by atoms with Gasteiger partial charge in [0.15, 0.2) is 0 Å². The van der Waals surface area contributed by atoms with Crippen molar-refractivity contribution in [1.29, 1.82) is 0 Å². The molecule has 0 unspecified atom stereocenters. The number of allylic oxidation sites excluding steroid dienone is 2. The first kappa shape index (κ1) is 35.0. The number of carbonyl (C=O) groups excluding carboxylic acids is 1. The van der Waals surface area contributed by atoms with E-state index in [1.807, 2.05) is 12.2 Å². The molecule has 1 aliphatic carbocycles. The smallest absolute Gasteiger partial charge is 0.416 e. The molecule has 41 heavy (non-hydrogen) atoms. The number of carbonyl (C=O) groups is 1. The summed E-state index contributed by atoms with van der Waals surface area (Å²) in [6.07, 6.45) is 1.71. The molecule has 0 spiro atoms. The SMILES string of the molecule is O=C(CCC/C=C\C[C@@H]1[C@@H](/C=C/[C@@H](O)COc2cccc(C(F)(F)F)c2)[C@H](O)C[C@@H]1O)OCCSCCON(O)O. The number of aliphatic hydroxyl groups is 3. The van der Waals surface area contributed by atoms with Gasteiger partial charge >= 0.3 is 12.1 Å². The van der Waals surface area contributed by atoms with Crippen LogP contribution in [0.5, 0.6) is 5.75 Å². The summed E-state index contributed by atoms with van der Waals surface area (Å²) in [6.45, 7) is 0.0669. The van der Waals surface area contributed by atoms with Gasteiger partial charge in [0.25, 0.3) is 0 Å². The number of alkyl halides is 3. The molecule has 10 nitrogen and oxygen atoms in total. The van der Waals surface area contributed by atoms with E-state index in [9.17, 15) is 33.3 Å². The molecule has 0 heterocycles. The minimum Gasteiger partial charge on any atom is -0.491 e. The Morgan fingerprint density at radius 1 is 1.15 bits per heavy atom. The van der Waals surface area contributed by atoms with Gasteiger partial charge in [0.1, 0.15) is 25.1 Å². The Morgan fingerprint density at radius 3 is 2.63 bits per heavy atom. The maximum absolute atomic E-state index is 12.8. The van der Waals surface area contributed by atoms with Gasteiger partial charge in [-0.15, -0.1) is 0 Å². The number of hydrogen-bond donors (Lipinski definition) is 5. The van der Waals surface area contributed by atoms with Crippen LogP contribution in [0.2, 0.25) is 0 Å². The summed E-state index contributed by atoms with van der Waals surface area (Å²) in [6, 6.07) is 4.36. The average molecular weight is 610 g/mol. The summed E-state index contributed by atoms with van der Waals surface area (Å²) < 4.78 is 48.9. The van der Waals surface area contributed by atoms with E-state index in [-0.39, 0.29) is 55.7 Å². The van der Waals surface area contributed by atoms with Crippen LogP contribution in [0.4, 0.5) is 13.2 Å². The molecular weight excluding hydrogens is 571 g/mol. The molecule has 1 fully saturated rings. The third-order valence-electron chi connectivity index (χ3n) is 6.31. The molecule has 0 radical (unpaired) electrons. The van der Waals surface area contributed by atoms with Crippen molar-refractivity contribution in [2.75, 3.05) is 31.3 Å². The first-order valence-electron chi connectivity index (χ1n) is 13.2. The minimum absolute atomic E-state index is 0.0272. The molecule has 14 heteroatoms. The molecule has 1 saturated carbocycles. The largest absolute Gasteiger partial charge is 0.491 e. The third kappa shape index (κ3) is 14.0. The van der Waals surface area contributed by atoms with Crippen molar-refractivity contribution in [1.82, 2.24) is 5.39 Å². The second-order valence-electron chi connectivity index (χ2n) is 9.42. The molecular formula is C27H38F3NO9S. The predicted molar refractivity (Wildman–Crippen MR) is 143 cm³/mol. The molecule has 1 aliphatic rings. The fourth-order valence-electron chi connectivity index (χ4n) is 4.26. The monoisotopic (exact) mass is 609 g/mol. The zero-order chi connectivity index (χ0) is 30.3. The molecule has 5 atom stereocenters. The molecule has 2 rings (SSSR count). The van der Waals surface area contributed by atoms with Crippen LogP contribution in [-0.2, 0) is 20.5 Å².